The van der Waals surface area contributed by atoms with Gasteiger partial charge in [0, 0.05) is 18.3 Å². The SMILES string of the molecule is CC1CC(C)CC(NCCSC(F)(F)F)C1. The van der Waals surface area contributed by atoms with Gasteiger partial charge in [-0.2, -0.15) is 13.2 Å². The smallest absolute Gasteiger partial charge is 0.313 e. The molecule has 1 saturated carbocycles. The molecular formula is C11H20F3NS. The van der Waals surface area contributed by atoms with E-state index in [9.17, 15) is 13.2 Å². The highest BCUT2D eigenvalue weighted by Gasteiger charge is 2.28. The molecule has 16 heavy (non-hydrogen) atoms. The van der Waals surface area contributed by atoms with Crippen molar-refractivity contribution in [3.8, 4) is 0 Å². The van der Waals surface area contributed by atoms with Gasteiger partial charge in [0.05, 0.1) is 0 Å². The molecule has 1 rings (SSSR count). The van der Waals surface area contributed by atoms with E-state index in [1.165, 1.54) is 6.42 Å². The highest BCUT2D eigenvalue weighted by Crippen LogP contribution is 2.30. The molecule has 96 valence electrons. The summed E-state index contributed by atoms with van der Waals surface area (Å²) < 4.78 is 35.6. The first-order valence-corrected chi connectivity index (χ1v) is 6.79. The summed E-state index contributed by atoms with van der Waals surface area (Å²) in [6.45, 7) is 4.89. The molecule has 0 aliphatic heterocycles. The van der Waals surface area contributed by atoms with Crippen LogP contribution in [0.15, 0.2) is 0 Å². The van der Waals surface area contributed by atoms with Crippen LogP contribution < -0.4 is 5.32 Å². The van der Waals surface area contributed by atoms with Gasteiger partial charge in [0.2, 0.25) is 0 Å². The number of alkyl halides is 3. The molecule has 0 aromatic rings. The van der Waals surface area contributed by atoms with Crippen LogP contribution in [0.5, 0.6) is 0 Å². The fourth-order valence-electron chi connectivity index (χ4n) is 2.54. The van der Waals surface area contributed by atoms with Crippen molar-refractivity contribution >= 4 is 11.8 Å². The summed E-state index contributed by atoms with van der Waals surface area (Å²) in [7, 11) is 0. The van der Waals surface area contributed by atoms with Crippen molar-refractivity contribution in [2.24, 2.45) is 11.8 Å². The van der Waals surface area contributed by atoms with Crippen LogP contribution in [-0.4, -0.2) is 23.8 Å². The van der Waals surface area contributed by atoms with E-state index in [-0.39, 0.29) is 17.5 Å². The first-order valence-electron chi connectivity index (χ1n) is 5.81. The summed E-state index contributed by atoms with van der Waals surface area (Å²) in [4.78, 5) is 0. The summed E-state index contributed by atoms with van der Waals surface area (Å²) >= 11 is 0.0612. The van der Waals surface area contributed by atoms with Crippen molar-refractivity contribution in [1.29, 1.82) is 0 Å². The summed E-state index contributed by atoms with van der Waals surface area (Å²) in [5.74, 6) is 1.50. The van der Waals surface area contributed by atoms with Gasteiger partial charge in [-0.3, -0.25) is 0 Å². The van der Waals surface area contributed by atoms with Crippen molar-refractivity contribution in [3.05, 3.63) is 0 Å². The molecule has 5 heteroatoms. The molecule has 1 aliphatic carbocycles. The maximum Gasteiger partial charge on any atom is 0.441 e. The quantitative estimate of drug-likeness (QED) is 0.769. The normalized spacial score (nSPS) is 31.7. The monoisotopic (exact) mass is 255 g/mol. The van der Waals surface area contributed by atoms with Gasteiger partial charge in [-0.1, -0.05) is 13.8 Å². The average Bonchev–Trinajstić information content (AvgIpc) is 2.09. The van der Waals surface area contributed by atoms with Gasteiger partial charge in [-0.25, -0.2) is 0 Å². The molecule has 2 atom stereocenters. The second-order valence-electron chi connectivity index (χ2n) is 4.86. The predicted molar refractivity (Wildman–Crippen MR) is 62.5 cm³/mol. The zero-order chi connectivity index (χ0) is 12.2. The summed E-state index contributed by atoms with van der Waals surface area (Å²) in [6.07, 6.45) is 3.44. The largest absolute Gasteiger partial charge is 0.441 e. The minimum atomic E-state index is -4.09. The molecule has 0 bridgehead atoms. The zero-order valence-electron chi connectivity index (χ0n) is 9.81. The molecule has 0 radical (unpaired) electrons. The maximum atomic E-state index is 11.9. The Labute approximate surface area is 99.6 Å². The van der Waals surface area contributed by atoms with Crippen LogP contribution in [0, 0.1) is 11.8 Å². The third kappa shape index (κ3) is 5.99. The highest BCUT2D eigenvalue weighted by molar-refractivity contribution is 8.00. The Kier molecular flexibility index (Phi) is 5.44. The van der Waals surface area contributed by atoms with Gasteiger partial charge < -0.3 is 5.32 Å². The Balaban J connectivity index is 2.13. The Morgan fingerprint density at radius 1 is 1.12 bits per heavy atom. The fourth-order valence-corrected chi connectivity index (χ4v) is 2.99. The van der Waals surface area contributed by atoms with E-state index in [2.05, 4.69) is 19.2 Å². The molecule has 0 spiro atoms. The molecule has 0 aromatic carbocycles. The van der Waals surface area contributed by atoms with Crippen molar-refractivity contribution in [1.82, 2.24) is 5.32 Å². The Morgan fingerprint density at radius 2 is 1.69 bits per heavy atom. The van der Waals surface area contributed by atoms with Crippen LogP contribution in [0.2, 0.25) is 0 Å². The lowest BCUT2D eigenvalue weighted by atomic mass is 9.80. The number of nitrogens with one attached hydrogen (secondary N) is 1. The Hall–Kier alpha value is 0.100. The van der Waals surface area contributed by atoms with E-state index in [0.717, 1.165) is 12.8 Å². The Morgan fingerprint density at radius 3 is 2.19 bits per heavy atom. The van der Waals surface area contributed by atoms with Gasteiger partial charge in [0.25, 0.3) is 0 Å². The van der Waals surface area contributed by atoms with Gasteiger partial charge in [0.1, 0.15) is 0 Å². The van der Waals surface area contributed by atoms with Gasteiger partial charge >= 0.3 is 5.51 Å². The van der Waals surface area contributed by atoms with E-state index in [1.54, 1.807) is 0 Å². The van der Waals surface area contributed by atoms with Crippen LogP contribution in [0.1, 0.15) is 33.1 Å². The van der Waals surface area contributed by atoms with E-state index >= 15 is 0 Å². The van der Waals surface area contributed by atoms with E-state index in [0.29, 0.717) is 24.4 Å². The molecule has 1 aliphatic rings. The number of thioether (sulfide) groups is 1. The summed E-state index contributed by atoms with van der Waals surface area (Å²) in [5, 5.41) is 3.23. The number of halogens is 3. The first-order chi connectivity index (χ1) is 7.37. The van der Waals surface area contributed by atoms with Crippen LogP contribution in [0.3, 0.4) is 0 Å². The molecule has 1 N–H and O–H groups in total. The Bertz CT molecular complexity index is 198. The van der Waals surface area contributed by atoms with Gasteiger partial charge in [-0.05, 0) is 42.9 Å². The van der Waals surface area contributed by atoms with E-state index in [4.69, 9.17) is 0 Å². The number of rotatable bonds is 4. The maximum absolute atomic E-state index is 11.9. The minimum absolute atomic E-state index is 0.0612. The molecular weight excluding hydrogens is 235 g/mol. The van der Waals surface area contributed by atoms with Crippen LogP contribution in [0.25, 0.3) is 0 Å². The van der Waals surface area contributed by atoms with Crippen molar-refractivity contribution < 1.29 is 13.2 Å². The lowest BCUT2D eigenvalue weighted by molar-refractivity contribution is -0.0327. The average molecular weight is 255 g/mol. The topological polar surface area (TPSA) is 12.0 Å². The van der Waals surface area contributed by atoms with Crippen molar-refractivity contribution in [2.45, 2.75) is 44.7 Å². The van der Waals surface area contributed by atoms with Crippen LogP contribution in [0.4, 0.5) is 13.2 Å². The molecule has 1 fully saturated rings. The molecule has 0 amide bonds. The summed E-state index contributed by atoms with van der Waals surface area (Å²) in [6, 6.07) is 0.410. The fraction of sp³-hybridized carbons (Fsp3) is 1.00. The summed E-state index contributed by atoms with van der Waals surface area (Å²) in [5.41, 5.74) is -4.09. The third-order valence-electron chi connectivity index (χ3n) is 2.98. The second kappa shape index (κ2) is 6.15. The second-order valence-corrected chi connectivity index (χ2v) is 6.02. The zero-order valence-corrected chi connectivity index (χ0v) is 10.6. The lowest BCUT2D eigenvalue weighted by Crippen LogP contribution is -2.37. The molecule has 0 saturated heterocycles. The predicted octanol–water partition coefficient (Wildman–Crippen LogP) is 3.65. The number of hydrogen-bond acceptors (Lipinski definition) is 2. The molecule has 2 unspecified atom stereocenters. The van der Waals surface area contributed by atoms with E-state index in [1.807, 2.05) is 0 Å². The van der Waals surface area contributed by atoms with Crippen LogP contribution in [-0.2, 0) is 0 Å². The highest BCUT2D eigenvalue weighted by atomic mass is 32.2. The van der Waals surface area contributed by atoms with E-state index < -0.39 is 5.51 Å². The van der Waals surface area contributed by atoms with Crippen molar-refractivity contribution in [3.63, 3.8) is 0 Å². The van der Waals surface area contributed by atoms with Gasteiger partial charge in [0.15, 0.2) is 0 Å². The van der Waals surface area contributed by atoms with Crippen molar-refractivity contribution in [2.75, 3.05) is 12.3 Å². The van der Waals surface area contributed by atoms with Crippen LogP contribution >= 0.6 is 11.8 Å². The minimum Gasteiger partial charge on any atom is -0.313 e. The standard InChI is InChI=1S/C11H20F3NS/c1-8-5-9(2)7-10(6-8)15-3-4-16-11(12,13)14/h8-10,15H,3-7H2,1-2H3. The molecule has 0 heterocycles. The van der Waals surface area contributed by atoms with Gasteiger partial charge in [-0.15, -0.1) is 0 Å². The lowest BCUT2D eigenvalue weighted by Gasteiger charge is -2.32. The molecule has 1 nitrogen and oxygen atoms in total. The number of hydrogen-bond donors (Lipinski definition) is 1. The molecule has 0 aromatic heterocycles. The first kappa shape index (κ1) is 14.2. The third-order valence-corrected chi connectivity index (χ3v) is 3.71.